The summed E-state index contributed by atoms with van der Waals surface area (Å²) in [5.41, 5.74) is 10.7. The number of benzene rings is 1. The Kier molecular flexibility index (Phi) is 3.21. The molecule has 2 aromatic heterocycles. The number of nitrogen functional groups attached to an aromatic ring is 1. The van der Waals surface area contributed by atoms with Gasteiger partial charge < -0.3 is 11.1 Å². The molecule has 0 amide bonds. The summed E-state index contributed by atoms with van der Waals surface area (Å²) in [6, 6.07) is 11.7. The highest BCUT2D eigenvalue weighted by atomic mass is 14.9. The fraction of sp³-hybridized carbons (Fsp3) is 0.125. The molecule has 3 N–H and O–H groups in total. The minimum atomic E-state index is 0.691. The third-order valence-electron chi connectivity index (χ3n) is 3.33. The van der Waals surface area contributed by atoms with Crippen molar-refractivity contribution in [1.82, 2.24) is 9.97 Å². The molecule has 0 atom stereocenters. The number of rotatable bonds is 3. The summed E-state index contributed by atoms with van der Waals surface area (Å²) in [6.45, 7) is 2.76. The molecule has 20 heavy (non-hydrogen) atoms. The van der Waals surface area contributed by atoms with Gasteiger partial charge in [0.2, 0.25) is 0 Å². The fourth-order valence-electron chi connectivity index (χ4n) is 2.20. The van der Waals surface area contributed by atoms with Crippen LogP contribution >= 0.6 is 0 Å². The monoisotopic (exact) mass is 264 g/mol. The molecule has 0 spiro atoms. The van der Waals surface area contributed by atoms with Crippen LogP contribution in [0, 0.1) is 6.92 Å². The predicted octanol–water partition coefficient (Wildman–Crippen LogP) is 3.13. The molecule has 0 aliphatic heterocycles. The molecule has 0 aliphatic carbocycles. The lowest BCUT2D eigenvalue weighted by atomic mass is 10.1. The van der Waals surface area contributed by atoms with Crippen molar-refractivity contribution >= 4 is 22.3 Å². The third kappa shape index (κ3) is 2.40. The van der Waals surface area contributed by atoms with Crippen LogP contribution in [0.5, 0.6) is 0 Å². The molecular formula is C16H16N4. The van der Waals surface area contributed by atoms with Crippen molar-refractivity contribution in [3.8, 4) is 0 Å². The van der Waals surface area contributed by atoms with Crippen molar-refractivity contribution in [3.63, 3.8) is 0 Å². The van der Waals surface area contributed by atoms with Gasteiger partial charge in [-0.25, -0.2) is 0 Å². The van der Waals surface area contributed by atoms with Gasteiger partial charge in [-0.3, -0.25) is 9.97 Å². The summed E-state index contributed by atoms with van der Waals surface area (Å²) >= 11 is 0. The molecule has 2 heterocycles. The maximum Gasteiger partial charge on any atom is 0.0743 e. The van der Waals surface area contributed by atoms with Gasteiger partial charge >= 0.3 is 0 Å². The quantitative estimate of drug-likeness (QED) is 0.713. The number of hydrogen-bond donors (Lipinski definition) is 2. The van der Waals surface area contributed by atoms with Crippen molar-refractivity contribution in [3.05, 3.63) is 60.0 Å². The van der Waals surface area contributed by atoms with Crippen LogP contribution in [0.3, 0.4) is 0 Å². The Bertz CT molecular complexity index is 752. The standard InChI is InChI=1S/C16H16N4/c1-11-3-2-7-18-16(11)10-20-14-6-8-19-15-9-12(17)4-5-13(14)15/h2-9H,10,17H2,1H3,(H,19,20). The van der Waals surface area contributed by atoms with Gasteiger partial charge in [0.25, 0.3) is 0 Å². The topological polar surface area (TPSA) is 63.8 Å². The van der Waals surface area contributed by atoms with Crippen LogP contribution in [-0.4, -0.2) is 9.97 Å². The van der Waals surface area contributed by atoms with Gasteiger partial charge in [0.15, 0.2) is 0 Å². The van der Waals surface area contributed by atoms with Gasteiger partial charge in [-0.2, -0.15) is 0 Å². The van der Waals surface area contributed by atoms with E-state index in [2.05, 4.69) is 28.3 Å². The number of hydrogen-bond acceptors (Lipinski definition) is 4. The second-order valence-corrected chi connectivity index (χ2v) is 4.76. The Morgan fingerprint density at radius 1 is 1.10 bits per heavy atom. The average Bonchev–Trinajstić information content (AvgIpc) is 2.46. The van der Waals surface area contributed by atoms with E-state index in [1.54, 1.807) is 6.20 Å². The average molecular weight is 264 g/mol. The summed E-state index contributed by atoms with van der Waals surface area (Å²) in [6.07, 6.45) is 3.60. The molecule has 0 fully saturated rings. The number of nitrogens with one attached hydrogen (secondary N) is 1. The van der Waals surface area contributed by atoms with Crippen molar-refractivity contribution in [2.75, 3.05) is 11.1 Å². The molecule has 4 nitrogen and oxygen atoms in total. The normalized spacial score (nSPS) is 10.7. The van der Waals surface area contributed by atoms with E-state index in [-0.39, 0.29) is 0 Å². The van der Waals surface area contributed by atoms with E-state index in [9.17, 15) is 0 Å². The van der Waals surface area contributed by atoms with Crippen molar-refractivity contribution < 1.29 is 0 Å². The Labute approximate surface area is 117 Å². The molecule has 0 aliphatic rings. The number of nitrogens with two attached hydrogens (primary N) is 1. The third-order valence-corrected chi connectivity index (χ3v) is 3.33. The Morgan fingerprint density at radius 3 is 2.85 bits per heavy atom. The van der Waals surface area contributed by atoms with Gasteiger partial charge in [0.05, 0.1) is 17.8 Å². The highest BCUT2D eigenvalue weighted by Crippen LogP contribution is 2.23. The largest absolute Gasteiger partial charge is 0.399 e. The maximum absolute atomic E-state index is 5.79. The lowest BCUT2D eigenvalue weighted by molar-refractivity contribution is 1.02. The first-order valence-corrected chi connectivity index (χ1v) is 6.52. The molecule has 0 bridgehead atoms. The lowest BCUT2D eigenvalue weighted by Gasteiger charge is -2.10. The zero-order valence-corrected chi connectivity index (χ0v) is 11.3. The van der Waals surface area contributed by atoms with Crippen LogP contribution in [0.15, 0.2) is 48.8 Å². The Morgan fingerprint density at radius 2 is 2.00 bits per heavy atom. The van der Waals surface area contributed by atoms with E-state index in [0.29, 0.717) is 6.54 Å². The van der Waals surface area contributed by atoms with Gasteiger partial charge in [-0.15, -0.1) is 0 Å². The SMILES string of the molecule is Cc1cccnc1CNc1ccnc2cc(N)ccc12. The highest BCUT2D eigenvalue weighted by molar-refractivity contribution is 5.92. The highest BCUT2D eigenvalue weighted by Gasteiger charge is 2.03. The second-order valence-electron chi connectivity index (χ2n) is 4.76. The van der Waals surface area contributed by atoms with E-state index < -0.39 is 0 Å². The molecule has 3 rings (SSSR count). The van der Waals surface area contributed by atoms with E-state index in [1.807, 2.05) is 36.5 Å². The molecule has 0 saturated heterocycles. The summed E-state index contributed by atoms with van der Waals surface area (Å²) in [5, 5.41) is 4.49. The maximum atomic E-state index is 5.79. The summed E-state index contributed by atoms with van der Waals surface area (Å²) in [7, 11) is 0. The van der Waals surface area contributed by atoms with E-state index >= 15 is 0 Å². The van der Waals surface area contributed by atoms with Crippen molar-refractivity contribution in [1.29, 1.82) is 0 Å². The van der Waals surface area contributed by atoms with E-state index in [1.165, 1.54) is 5.56 Å². The smallest absolute Gasteiger partial charge is 0.0743 e. The Balaban J connectivity index is 1.90. The number of fused-ring (bicyclic) bond motifs is 1. The van der Waals surface area contributed by atoms with Crippen LogP contribution in [0.2, 0.25) is 0 Å². The molecule has 1 aromatic carbocycles. The summed E-state index contributed by atoms with van der Waals surface area (Å²) < 4.78 is 0. The van der Waals surface area contributed by atoms with E-state index in [4.69, 9.17) is 5.73 Å². The number of nitrogens with zero attached hydrogens (tertiary/aromatic N) is 2. The first kappa shape index (κ1) is 12.4. The number of aromatic nitrogens is 2. The van der Waals surface area contributed by atoms with Gasteiger partial charge in [0.1, 0.15) is 0 Å². The van der Waals surface area contributed by atoms with Crippen molar-refractivity contribution in [2.24, 2.45) is 0 Å². The zero-order valence-electron chi connectivity index (χ0n) is 11.3. The lowest BCUT2D eigenvalue weighted by Crippen LogP contribution is -2.04. The van der Waals surface area contributed by atoms with Gasteiger partial charge in [-0.1, -0.05) is 6.07 Å². The van der Waals surface area contributed by atoms with Crippen molar-refractivity contribution in [2.45, 2.75) is 13.5 Å². The van der Waals surface area contributed by atoms with Crippen LogP contribution in [0.1, 0.15) is 11.3 Å². The summed E-state index contributed by atoms with van der Waals surface area (Å²) in [5.74, 6) is 0. The first-order valence-electron chi connectivity index (χ1n) is 6.52. The van der Waals surface area contributed by atoms with Crippen LogP contribution in [0.25, 0.3) is 10.9 Å². The van der Waals surface area contributed by atoms with E-state index in [0.717, 1.165) is 28.0 Å². The molecular weight excluding hydrogens is 248 g/mol. The molecule has 3 aromatic rings. The number of aryl methyl sites for hydroxylation is 1. The van der Waals surface area contributed by atoms with Gasteiger partial charge in [0, 0.05) is 29.2 Å². The van der Waals surface area contributed by atoms with Crippen LogP contribution in [-0.2, 0) is 6.54 Å². The summed E-state index contributed by atoms with van der Waals surface area (Å²) in [4.78, 5) is 8.73. The zero-order chi connectivity index (χ0) is 13.9. The molecule has 0 saturated carbocycles. The first-order chi connectivity index (χ1) is 9.74. The van der Waals surface area contributed by atoms with Crippen LogP contribution < -0.4 is 11.1 Å². The number of pyridine rings is 2. The van der Waals surface area contributed by atoms with Gasteiger partial charge in [-0.05, 0) is 42.8 Å². The molecule has 0 unspecified atom stereocenters. The Hall–Kier alpha value is -2.62. The fourth-order valence-corrected chi connectivity index (χ4v) is 2.20. The van der Waals surface area contributed by atoms with Crippen LogP contribution in [0.4, 0.5) is 11.4 Å². The minimum Gasteiger partial charge on any atom is -0.399 e. The molecule has 0 radical (unpaired) electrons. The predicted molar refractivity (Wildman–Crippen MR) is 82.5 cm³/mol. The number of anilines is 2. The minimum absolute atomic E-state index is 0.691. The molecule has 100 valence electrons. The second kappa shape index (κ2) is 5.17. The molecule has 4 heteroatoms.